The molecule has 4 heteroatoms. The van der Waals surface area contributed by atoms with Gasteiger partial charge in [-0.05, 0) is 19.4 Å². The maximum atomic E-state index is 11.7. The van der Waals surface area contributed by atoms with Crippen LogP contribution in [0.5, 0.6) is 0 Å². The maximum Gasteiger partial charge on any atom is 0.0510 e. The van der Waals surface area contributed by atoms with Crippen molar-refractivity contribution in [1.82, 2.24) is 5.32 Å². The number of nitrogens with one attached hydrogen (secondary N) is 1. The Hall–Kier alpha value is 0.0700. The van der Waals surface area contributed by atoms with E-state index in [0.717, 1.165) is 44.1 Å². The van der Waals surface area contributed by atoms with Crippen molar-refractivity contribution in [2.24, 2.45) is 5.92 Å². The molecule has 0 aromatic carbocycles. The van der Waals surface area contributed by atoms with Crippen LogP contribution in [-0.4, -0.2) is 41.5 Å². The standard InChI is InChI=1S/C11H23NO2S/c1-3-7-15(13)9-11(12-4-2)10-5-6-14-8-10/h10-12H,3-9H2,1-2H3. The molecule has 90 valence electrons. The molecular weight excluding hydrogens is 210 g/mol. The summed E-state index contributed by atoms with van der Waals surface area (Å²) >= 11 is 0. The van der Waals surface area contributed by atoms with Crippen molar-refractivity contribution in [3.63, 3.8) is 0 Å². The van der Waals surface area contributed by atoms with Crippen LogP contribution in [-0.2, 0) is 15.5 Å². The Labute approximate surface area is 95.4 Å². The van der Waals surface area contributed by atoms with Crippen molar-refractivity contribution in [1.29, 1.82) is 0 Å². The van der Waals surface area contributed by atoms with Gasteiger partial charge in [0.05, 0.1) is 6.61 Å². The Balaban J connectivity index is 2.38. The van der Waals surface area contributed by atoms with Crippen molar-refractivity contribution < 1.29 is 8.95 Å². The highest BCUT2D eigenvalue weighted by Gasteiger charge is 2.26. The highest BCUT2D eigenvalue weighted by Crippen LogP contribution is 2.17. The first-order valence-electron chi connectivity index (χ1n) is 5.94. The van der Waals surface area contributed by atoms with Crippen LogP contribution in [0.25, 0.3) is 0 Å². The summed E-state index contributed by atoms with van der Waals surface area (Å²) in [7, 11) is -0.666. The molecule has 3 atom stereocenters. The first kappa shape index (κ1) is 13.1. The summed E-state index contributed by atoms with van der Waals surface area (Å²) in [5, 5.41) is 3.44. The van der Waals surface area contributed by atoms with Crippen molar-refractivity contribution in [2.45, 2.75) is 32.7 Å². The van der Waals surface area contributed by atoms with Crippen molar-refractivity contribution in [3.05, 3.63) is 0 Å². The summed E-state index contributed by atoms with van der Waals surface area (Å²) < 4.78 is 17.1. The highest BCUT2D eigenvalue weighted by atomic mass is 32.2. The molecular formula is C11H23NO2S. The molecule has 3 unspecified atom stereocenters. The molecule has 0 bridgehead atoms. The lowest BCUT2D eigenvalue weighted by Crippen LogP contribution is -2.41. The summed E-state index contributed by atoms with van der Waals surface area (Å²) in [4.78, 5) is 0. The lowest BCUT2D eigenvalue weighted by molar-refractivity contribution is 0.179. The third-order valence-electron chi connectivity index (χ3n) is 2.80. The predicted molar refractivity (Wildman–Crippen MR) is 64.6 cm³/mol. The molecule has 1 N–H and O–H groups in total. The third kappa shape index (κ3) is 4.62. The molecule has 15 heavy (non-hydrogen) atoms. The molecule has 3 nitrogen and oxygen atoms in total. The van der Waals surface area contributed by atoms with Crippen molar-refractivity contribution >= 4 is 10.8 Å². The minimum absolute atomic E-state index is 0.380. The van der Waals surface area contributed by atoms with E-state index in [1.807, 2.05) is 0 Å². The lowest BCUT2D eigenvalue weighted by Gasteiger charge is -2.22. The predicted octanol–water partition coefficient (Wildman–Crippen LogP) is 1.16. The van der Waals surface area contributed by atoms with Crippen LogP contribution in [0.2, 0.25) is 0 Å². The fourth-order valence-corrected chi connectivity index (χ4v) is 3.42. The fourth-order valence-electron chi connectivity index (χ4n) is 2.01. The molecule has 0 aliphatic carbocycles. The highest BCUT2D eigenvalue weighted by molar-refractivity contribution is 7.85. The van der Waals surface area contributed by atoms with Crippen LogP contribution in [0, 0.1) is 5.92 Å². The zero-order chi connectivity index (χ0) is 11.1. The zero-order valence-corrected chi connectivity index (χ0v) is 10.6. The van der Waals surface area contributed by atoms with Gasteiger partial charge in [-0.3, -0.25) is 4.21 Å². The molecule has 0 spiro atoms. The molecule has 0 saturated carbocycles. The van der Waals surface area contributed by atoms with E-state index < -0.39 is 10.8 Å². The molecule has 1 aliphatic rings. The van der Waals surface area contributed by atoms with Crippen LogP contribution < -0.4 is 5.32 Å². The summed E-state index contributed by atoms with van der Waals surface area (Å²) in [5.41, 5.74) is 0. The van der Waals surface area contributed by atoms with E-state index in [1.54, 1.807) is 0 Å². The van der Waals surface area contributed by atoms with Gasteiger partial charge in [0.2, 0.25) is 0 Å². The Kier molecular flexibility index (Phi) is 6.45. The maximum absolute atomic E-state index is 11.7. The Morgan fingerprint density at radius 3 is 2.87 bits per heavy atom. The third-order valence-corrected chi connectivity index (χ3v) is 4.39. The average Bonchev–Trinajstić information content (AvgIpc) is 2.70. The summed E-state index contributed by atoms with van der Waals surface area (Å²) in [6, 6.07) is 0.380. The number of ether oxygens (including phenoxy) is 1. The van der Waals surface area contributed by atoms with E-state index in [-0.39, 0.29) is 0 Å². The molecule has 1 aliphatic heterocycles. The smallest absolute Gasteiger partial charge is 0.0510 e. The van der Waals surface area contributed by atoms with Crippen molar-refractivity contribution in [3.8, 4) is 0 Å². The van der Waals surface area contributed by atoms with E-state index in [9.17, 15) is 4.21 Å². The minimum atomic E-state index is -0.666. The Bertz CT molecular complexity index is 193. The van der Waals surface area contributed by atoms with Gasteiger partial charge in [0.1, 0.15) is 0 Å². The van der Waals surface area contributed by atoms with Gasteiger partial charge in [0.25, 0.3) is 0 Å². The SMILES string of the molecule is CCCS(=O)CC(NCC)C1CCOC1. The second-order valence-corrected chi connectivity index (χ2v) is 5.72. The average molecular weight is 233 g/mol. The minimum Gasteiger partial charge on any atom is -0.381 e. The summed E-state index contributed by atoms with van der Waals surface area (Å²) in [6.45, 7) is 6.84. The van der Waals surface area contributed by atoms with E-state index in [4.69, 9.17) is 4.74 Å². The van der Waals surface area contributed by atoms with Gasteiger partial charge in [-0.15, -0.1) is 0 Å². The molecule has 0 aromatic heterocycles. The first-order valence-corrected chi connectivity index (χ1v) is 7.42. The second kappa shape index (κ2) is 7.36. The Morgan fingerprint density at radius 2 is 2.33 bits per heavy atom. The van der Waals surface area contributed by atoms with Gasteiger partial charge in [0, 0.05) is 40.9 Å². The normalized spacial score (nSPS) is 25.3. The summed E-state index contributed by atoms with van der Waals surface area (Å²) in [6.07, 6.45) is 2.12. The van der Waals surface area contributed by atoms with E-state index >= 15 is 0 Å². The van der Waals surface area contributed by atoms with E-state index in [1.165, 1.54) is 0 Å². The number of hydrogen-bond acceptors (Lipinski definition) is 3. The fraction of sp³-hybridized carbons (Fsp3) is 1.00. The zero-order valence-electron chi connectivity index (χ0n) is 9.83. The van der Waals surface area contributed by atoms with Crippen molar-refractivity contribution in [2.75, 3.05) is 31.3 Å². The van der Waals surface area contributed by atoms with Crippen LogP contribution >= 0.6 is 0 Å². The van der Waals surface area contributed by atoms with Gasteiger partial charge in [-0.25, -0.2) is 0 Å². The van der Waals surface area contributed by atoms with Gasteiger partial charge in [0.15, 0.2) is 0 Å². The number of hydrogen-bond donors (Lipinski definition) is 1. The largest absolute Gasteiger partial charge is 0.381 e. The van der Waals surface area contributed by atoms with Crippen LogP contribution in [0.4, 0.5) is 0 Å². The molecule has 1 rings (SSSR count). The molecule has 0 aromatic rings. The van der Waals surface area contributed by atoms with Gasteiger partial charge >= 0.3 is 0 Å². The number of rotatable bonds is 7. The van der Waals surface area contributed by atoms with Crippen LogP contribution in [0.3, 0.4) is 0 Å². The quantitative estimate of drug-likeness (QED) is 0.717. The first-order chi connectivity index (χ1) is 7.27. The van der Waals surface area contributed by atoms with Crippen LogP contribution in [0.15, 0.2) is 0 Å². The molecule has 1 saturated heterocycles. The molecule has 0 radical (unpaired) electrons. The topological polar surface area (TPSA) is 38.3 Å². The van der Waals surface area contributed by atoms with Gasteiger partial charge in [-0.1, -0.05) is 13.8 Å². The molecule has 0 amide bonds. The Morgan fingerprint density at radius 1 is 1.53 bits per heavy atom. The van der Waals surface area contributed by atoms with E-state index in [2.05, 4.69) is 19.2 Å². The summed E-state index contributed by atoms with van der Waals surface area (Å²) in [5.74, 6) is 2.18. The molecule has 1 fully saturated rings. The molecule has 1 heterocycles. The van der Waals surface area contributed by atoms with Gasteiger partial charge < -0.3 is 10.1 Å². The van der Waals surface area contributed by atoms with Gasteiger partial charge in [-0.2, -0.15) is 0 Å². The monoisotopic (exact) mass is 233 g/mol. The lowest BCUT2D eigenvalue weighted by atomic mass is 10.0. The second-order valence-electron chi connectivity index (χ2n) is 4.10. The van der Waals surface area contributed by atoms with Crippen LogP contribution in [0.1, 0.15) is 26.7 Å². The van der Waals surface area contributed by atoms with E-state index in [0.29, 0.717) is 12.0 Å².